The van der Waals surface area contributed by atoms with Gasteiger partial charge in [-0.25, -0.2) is 28.3 Å². The average Bonchev–Trinajstić information content (AvgIpc) is 3.24. The molecule has 1 aromatic heterocycles. The Balaban J connectivity index is 0.00000312. The number of benzene rings is 2. The fourth-order valence-electron chi connectivity index (χ4n) is 6.12. The summed E-state index contributed by atoms with van der Waals surface area (Å²) in [6, 6.07) is 11.0. The molecule has 2 aromatic carbocycles. The van der Waals surface area contributed by atoms with Crippen molar-refractivity contribution in [3.63, 3.8) is 0 Å². The van der Waals surface area contributed by atoms with Crippen molar-refractivity contribution in [2.24, 2.45) is 0 Å². The molecule has 48 heavy (non-hydrogen) atoms. The van der Waals surface area contributed by atoms with Crippen LogP contribution >= 0.6 is 24.8 Å². The zero-order valence-electron chi connectivity index (χ0n) is 28.6. The van der Waals surface area contributed by atoms with Gasteiger partial charge in [-0.15, -0.1) is 24.8 Å². The van der Waals surface area contributed by atoms with Crippen LogP contribution in [0.1, 0.15) is 55.6 Å². The first-order valence-electron chi connectivity index (χ1n) is 15.6. The van der Waals surface area contributed by atoms with E-state index in [-0.39, 0.29) is 37.1 Å². The van der Waals surface area contributed by atoms with E-state index in [9.17, 15) is 19.2 Å². The van der Waals surface area contributed by atoms with E-state index in [0.717, 1.165) is 36.1 Å². The van der Waals surface area contributed by atoms with Crippen molar-refractivity contribution in [3.8, 4) is 17.2 Å². The Hall–Kier alpha value is -3.84. The molecule has 1 atom stereocenters. The molecule has 1 unspecified atom stereocenters. The van der Waals surface area contributed by atoms with Crippen molar-refractivity contribution in [3.05, 3.63) is 86.2 Å². The number of halogens is 2. The zero-order chi connectivity index (χ0) is 33.3. The summed E-state index contributed by atoms with van der Waals surface area (Å²) in [5, 5.41) is 0. The number of rotatable bonds is 11. The number of fused-ring (bicyclic) bond motifs is 5. The molecule has 14 heteroatoms. The predicted octanol–water partition coefficient (Wildman–Crippen LogP) is 4.25. The van der Waals surface area contributed by atoms with E-state index in [0.29, 0.717) is 41.4 Å². The third-order valence-electron chi connectivity index (χ3n) is 8.48. The maximum Gasteiger partial charge on any atom is 0.415 e. The van der Waals surface area contributed by atoms with Crippen LogP contribution in [0.4, 0.5) is 4.79 Å². The number of carbonyl (C=O) groups excluding carboxylic acids is 2. The van der Waals surface area contributed by atoms with Crippen LogP contribution in [0, 0.1) is 0 Å². The van der Waals surface area contributed by atoms with Crippen LogP contribution in [0.2, 0.25) is 0 Å². The minimum Gasteiger partial charge on any atom is -0.483 e. The highest BCUT2D eigenvalue weighted by Gasteiger charge is 2.44. The van der Waals surface area contributed by atoms with E-state index >= 15 is 0 Å². The largest absolute Gasteiger partial charge is 0.483 e. The third kappa shape index (κ3) is 7.89. The van der Waals surface area contributed by atoms with Gasteiger partial charge < -0.3 is 24.2 Å². The molecule has 3 heterocycles. The number of aromatic nitrogens is 3. The van der Waals surface area contributed by atoms with Crippen molar-refractivity contribution in [2.75, 3.05) is 54.4 Å². The van der Waals surface area contributed by atoms with Gasteiger partial charge in [-0.1, -0.05) is 6.08 Å². The van der Waals surface area contributed by atoms with Gasteiger partial charge in [0.05, 0.1) is 12.2 Å². The first-order valence-corrected chi connectivity index (χ1v) is 15.6. The van der Waals surface area contributed by atoms with Crippen molar-refractivity contribution in [1.29, 1.82) is 0 Å². The van der Waals surface area contributed by atoms with E-state index in [1.165, 1.54) is 16.3 Å². The Bertz CT molecular complexity index is 1760. The topological polar surface area (TPSA) is 111 Å². The second kappa shape index (κ2) is 15.6. The second-order valence-electron chi connectivity index (χ2n) is 13.0. The molecule has 0 aliphatic carbocycles. The Labute approximate surface area is 293 Å². The summed E-state index contributed by atoms with van der Waals surface area (Å²) in [6.45, 7) is 8.36. The number of ketones is 1. The number of hydrogen-bond acceptors (Lipinski definition) is 8. The molecule has 5 rings (SSSR count). The first kappa shape index (κ1) is 38.6. The zero-order valence-corrected chi connectivity index (χ0v) is 30.2. The fraction of sp³-hybridized carbons (Fsp3) is 0.471. The average molecular weight is 706 g/mol. The van der Waals surface area contributed by atoms with Gasteiger partial charge in [0, 0.05) is 30.3 Å². The number of Topliss-reactive ketones (excluding diaryl/α,β-unsaturated/α-hetero) is 1. The van der Waals surface area contributed by atoms with Crippen LogP contribution in [-0.2, 0) is 6.54 Å². The lowest BCUT2D eigenvalue weighted by atomic mass is 9.83. The SMILES string of the molecule is CC(=O)c1ccc(-n2c(=O)n3n(c2=O)C2C(=CC3)C(C)(C)Oc3cc(OC(=O)N(CCCN(C)C)CCCN(C)C)ccc32)cc1.Cl.Cl. The number of ether oxygens (including phenoxy) is 2. The third-order valence-corrected chi connectivity index (χ3v) is 8.48. The highest BCUT2D eigenvalue weighted by Crippen LogP contribution is 2.47. The van der Waals surface area contributed by atoms with Gasteiger partial charge in [0.15, 0.2) is 5.78 Å². The van der Waals surface area contributed by atoms with Crippen molar-refractivity contribution in [1.82, 2.24) is 28.6 Å². The molecule has 0 fully saturated rings. The highest BCUT2D eigenvalue weighted by atomic mass is 35.5. The molecule has 2 aliphatic heterocycles. The summed E-state index contributed by atoms with van der Waals surface area (Å²) in [7, 11) is 8.02. The van der Waals surface area contributed by atoms with E-state index < -0.39 is 29.1 Å². The Morgan fingerprint density at radius 1 is 0.896 bits per heavy atom. The molecule has 2 aliphatic rings. The smallest absolute Gasteiger partial charge is 0.415 e. The standard InChI is InChI=1S/C34H44N6O6.2ClH/c1-23(41)24-10-12-25(13-11-24)39-31(42)38-21-16-28-30(40(38)32(39)43)27-15-14-26(22-29(27)46-34(28,2)3)45-33(44)37(19-8-17-35(4)5)20-9-18-36(6)7;;/h10-16,22,30H,8-9,17-21H2,1-7H3;2*1H. The highest BCUT2D eigenvalue weighted by molar-refractivity contribution is 5.94. The summed E-state index contributed by atoms with van der Waals surface area (Å²) < 4.78 is 16.3. The molecule has 12 nitrogen and oxygen atoms in total. The molecule has 0 saturated heterocycles. The fourth-order valence-corrected chi connectivity index (χ4v) is 6.12. The lowest BCUT2D eigenvalue weighted by Crippen LogP contribution is -2.46. The van der Waals surface area contributed by atoms with Gasteiger partial charge in [-0.05, 0) is 117 Å². The summed E-state index contributed by atoms with van der Waals surface area (Å²) in [5.41, 5.74) is 0.619. The van der Waals surface area contributed by atoms with E-state index in [1.807, 2.05) is 48.1 Å². The number of amides is 1. The van der Waals surface area contributed by atoms with E-state index in [2.05, 4.69) is 9.80 Å². The molecular weight excluding hydrogens is 659 g/mol. The molecule has 0 saturated carbocycles. The van der Waals surface area contributed by atoms with Gasteiger partial charge in [0.25, 0.3) is 0 Å². The van der Waals surface area contributed by atoms with Gasteiger partial charge in [0.1, 0.15) is 23.1 Å². The van der Waals surface area contributed by atoms with Crippen LogP contribution in [0.3, 0.4) is 0 Å². The number of nitrogens with zero attached hydrogens (tertiary/aromatic N) is 6. The Kier molecular flexibility index (Phi) is 12.5. The Morgan fingerprint density at radius 2 is 1.50 bits per heavy atom. The number of hydrogen-bond donors (Lipinski definition) is 0. The molecule has 3 aromatic rings. The molecule has 262 valence electrons. The monoisotopic (exact) mass is 704 g/mol. The molecule has 0 N–H and O–H groups in total. The quantitative estimate of drug-likeness (QED) is 0.215. The van der Waals surface area contributed by atoms with Crippen molar-refractivity contribution >= 4 is 36.7 Å². The number of allylic oxidation sites excluding steroid dienone is 1. The Morgan fingerprint density at radius 3 is 2.06 bits per heavy atom. The van der Waals surface area contributed by atoms with E-state index in [1.54, 1.807) is 47.4 Å². The summed E-state index contributed by atoms with van der Waals surface area (Å²) in [6.07, 6.45) is 3.15. The van der Waals surface area contributed by atoms with Crippen molar-refractivity contribution in [2.45, 2.75) is 51.8 Å². The van der Waals surface area contributed by atoms with Crippen LogP contribution in [0.5, 0.6) is 11.5 Å². The molecule has 0 radical (unpaired) electrons. The van der Waals surface area contributed by atoms with Gasteiger partial charge in [0.2, 0.25) is 0 Å². The van der Waals surface area contributed by atoms with Crippen LogP contribution in [0.15, 0.2) is 63.7 Å². The lowest BCUT2D eigenvalue weighted by molar-refractivity contribution is 0.101. The normalized spacial score (nSPS) is 15.6. The predicted molar refractivity (Wildman–Crippen MR) is 190 cm³/mol. The molecule has 0 spiro atoms. The first-order chi connectivity index (χ1) is 21.8. The van der Waals surface area contributed by atoms with Crippen LogP contribution < -0.4 is 20.9 Å². The summed E-state index contributed by atoms with van der Waals surface area (Å²) in [5.74, 6) is 0.699. The van der Waals surface area contributed by atoms with Gasteiger partial charge >= 0.3 is 17.5 Å². The van der Waals surface area contributed by atoms with Crippen LogP contribution in [0.25, 0.3) is 5.69 Å². The molecule has 0 bridgehead atoms. The van der Waals surface area contributed by atoms with E-state index in [4.69, 9.17) is 9.47 Å². The molecular formula is C34H46Cl2N6O6. The summed E-state index contributed by atoms with van der Waals surface area (Å²) >= 11 is 0. The van der Waals surface area contributed by atoms with Crippen LogP contribution in [-0.4, -0.2) is 100 Å². The second-order valence-corrected chi connectivity index (χ2v) is 13.0. The maximum atomic E-state index is 14.0. The van der Waals surface area contributed by atoms with Gasteiger partial charge in [-0.3, -0.25) is 4.79 Å². The van der Waals surface area contributed by atoms with Gasteiger partial charge in [-0.2, -0.15) is 0 Å². The van der Waals surface area contributed by atoms with Crippen molar-refractivity contribution < 1.29 is 19.1 Å². The lowest BCUT2D eigenvalue weighted by Gasteiger charge is -2.42. The minimum atomic E-state index is -0.809. The maximum absolute atomic E-state index is 14.0. The number of carbonyl (C=O) groups is 2. The minimum absolute atomic E-state index is 0. The summed E-state index contributed by atoms with van der Waals surface area (Å²) in [4.78, 5) is 58.6. The molecule has 1 amide bonds.